The quantitative estimate of drug-likeness (QED) is 0.531. The zero-order valence-corrected chi connectivity index (χ0v) is 15.5. The number of nitro groups is 1. The molecule has 0 fully saturated rings. The number of hydrogen-bond donors (Lipinski definition) is 2. The molecule has 28 heavy (non-hydrogen) atoms. The van der Waals surface area contributed by atoms with Gasteiger partial charge in [-0.25, -0.2) is 0 Å². The first kappa shape index (κ1) is 20.7. The lowest BCUT2D eigenvalue weighted by Crippen LogP contribution is -2.47. The molecule has 2 N–H and O–H groups in total. The summed E-state index contributed by atoms with van der Waals surface area (Å²) in [4.78, 5) is 34.9. The highest BCUT2D eigenvalue weighted by molar-refractivity contribution is 5.98. The molecule has 0 heterocycles. The van der Waals surface area contributed by atoms with E-state index in [1.54, 1.807) is 30.3 Å². The number of carbonyl (C=O) groups excluding carboxylic acids is 2. The Morgan fingerprint density at radius 1 is 1.07 bits per heavy atom. The van der Waals surface area contributed by atoms with E-state index >= 15 is 0 Å². The number of nitro benzene ring substituents is 1. The Hall–Kier alpha value is -3.62. The van der Waals surface area contributed by atoms with Crippen molar-refractivity contribution in [2.75, 3.05) is 6.61 Å². The minimum absolute atomic E-state index is 0.0419. The summed E-state index contributed by atoms with van der Waals surface area (Å²) in [6, 6.07) is 12.4. The van der Waals surface area contributed by atoms with E-state index in [1.165, 1.54) is 25.1 Å². The van der Waals surface area contributed by atoms with Crippen molar-refractivity contribution in [1.29, 1.82) is 0 Å². The molecule has 148 valence electrons. The average molecular weight is 387 g/mol. The second kappa shape index (κ2) is 9.91. The van der Waals surface area contributed by atoms with Crippen LogP contribution in [-0.2, 0) is 4.79 Å². The van der Waals surface area contributed by atoms with Gasteiger partial charge >= 0.3 is 5.69 Å². The van der Waals surface area contributed by atoms with Crippen molar-refractivity contribution in [2.45, 2.75) is 26.4 Å². The number of rotatable bonds is 8. The Morgan fingerprint density at radius 2 is 1.71 bits per heavy atom. The average Bonchev–Trinajstić information content (AvgIpc) is 2.70. The smallest absolute Gasteiger partial charge is 0.310 e. The first-order valence-corrected chi connectivity index (χ1v) is 8.66. The molecule has 9 nitrogen and oxygen atoms in total. The van der Waals surface area contributed by atoms with Gasteiger partial charge in [0.25, 0.3) is 11.8 Å². The molecule has 0 saturated carbocycles. The molecule has 0 aliphatic heterocycles. The summed E-state index contributed by atoms with van der Waals surface area (Å²) >= 11 is 0. The first-order valence-electron chi connectivity index (χ1n) is 8.66. The molecule has 0 aromatic heterocycles. The summed E-state index contributed by atoms with van der Waals surface area (Å²) in [7, 11) is 0. The second-order valence-corrected chi connectivity index (χ2v) is 5.77. The van der Waals surface area contributed by atoms with E-state index in [0.717, 1.165) is 6.42 Å². The molecule has 9 heteroatoms. The number of ether oxygens (including phenoxy) is 2. The largest absolute Gasteiger partial charge is 0.493 e. The third-order valence-electron chi connectivity index (χ3n) is 3.63. The van der Waals surface area contributed by atoms with Crippen LogP contribution in [-0.4, -0.2) is 29.4 Å². The number of carbonyl (C=O) groups is 2. The van der Waals surface area contributed by atoms with E-state index < -0.39 is 22.8 Å². The van der Waals surface area contributed by atoms with Gasteiger partial charge in [-0.15, -0.1) is 0 Å². The number of hydrazine groups is 1. The van der Waals surface area contributed by atoms with Crippen molar-refractivity contribution in [2.24, 2.45) is 0 Å². The molecule has 2 aromatic rings. The SMILES string of the molecule is CCCOc1ccccc1C(=O)NNC(=O)[C@@H](C)Oc1ccccc1[N+](=O)[O-]. The van der Waals surface area contributed by atoms with Gasteiger partial charge in [0.15, 0.2) is 11.9 Å². The molecule has 1 atom stereocenters. The topological polar surface area (TPSA) is 120 Å². The van der Waals surface area contributed by atoms with Gasteiger partial charge in [0.2, 0.25) is 0 Å². The number of amides is 2. The van der Waals surface area contributed by atoms with Gasteiger partial charge in [0.1, 0.15) is 5.75 Å². The molecule has 0 unspecified atom stereocenters. The molecular formula is C19H21N3O6. The molecule has 0 aliphatic rings. The van der Waals surface area contributed by atoms with E-state index in [2.05, 4.69) is 10.9 Å². The molecule has 0 saturated heterocycles. The van der Waals surface area contributed by atoms with Crippen LogP contribution >= 0.6 is 0 Å². The zero-order valence-electron chi connectivity index (χ0n) is 15.5. The molecule has 0 bridgehead atoms. The zero-order chi connectivity index (χ0) is 20.5. The van der Waals surface area contributed by atoms with E-state index in [9.17, 15) is 19.7 Å². The van der Waals surface area contributed by atoms with Crippen LogP contribution in [0.2, 0.25) is 0 Å². The van der Waals surface area contributed by atoms with Crippen LogP contribution in [0.5, 0.6) is 11.5 Å². The van der Waals surface area contributed by atoms with Crippen molar-refractivity contribution >= 4 is 17.5 Å². The Balaban J connectivity index is 1.97. The number of nitrogens with one attached hydrogen (secondary N) is 2. The fourth-order valence-electron chi connectivity index (χ4n) is 2.23. The normalized spacial score (nSPS) is 11.2. The lowest BCUT2D eigenvalue weighted by molar-refractivity contribution is -0.386. The maximum Gasteiger partial charge on any atom is 0.310 e. The van der Waals surface area contributed by atoms with Gasteiger partial charge in [-0.05, 0) is 31.5 Å². The number of benzene rings is 2. The summed E-state index contributed by atoms with van der Waals surface area (Å²) < 4.78 is 10.9. The molecule has 0 spiro atoms. The van der Waals surface area contributed by atoms with Gasteiger partial charge in [-0.2, -0.15) is 0 Å². The third-order valence-corrected chi connectivity index (χ3v) is 3.63. The van der Waals surface area contributed by atoms with Crippen LogP contribution in [0.4, 0.5) is 5.69 Å². The van der Waals surface area contributed by atoms with Crippen LogP contribution in [0, 0.1) is 10.1 Å². The predicted octanol–water partition coefficient (Wildman–Crippen LogP) is 2.61. The Labute approximate surface area is 161 Å². The maximum absolute atomic E-state index is 12.3. The monoisotopic (exact) mass is 387 g/mol. The molecule has 2 rings (SSSR count). The summed E-state index contributed by atoms with van der Waals surface area (Å²) in [5.41, 5.74) is 4.54. The lowest BCUT2D eigenvalue weighted by atomic mass is 10.2. The standard InChI is InChI=1S/C19H21N3O6/c1-3-12-27-16-10-6-4-8-14(16)19(24)21-20-18(23)13(2)28-17-11-7-5-9-15(17)22(25)26/h4-11,13H,3,12H2,1-2H3,(H,20,23)(H,21,24)/t13-/m1/s1. The molecule has 2 aromatic carbocycles. The lowest BCUT2D eigenvalue weighted by Gasteiger charge is -2.16. The van der Waals surface area contributed by atoms with Crippen molar-refractivity contribution in [3.8, 4) is 11.5 Å². The van der Waals surface area contributed by atoms with Crippen LogP contribution in [0.15, 0.2) is 48.5 Å². The summed E-state index contributed by atoms with van der Waals surface area (Å²) in [5.74, 6) is -0.864. The Kier molecular flexibility index (Phi) is 7.32. The fraction of sp³-hybridized carbons (Fsp3) is 0.263. The second-order valence-electron chi connectivity index (χ2n) is 5.77. The fourth-order valence-corrected chi connectivity index (χ4v) is 2.23. The minimum Gasteiger partial charge on any atom is -0.493 e. The van der Waals surface area contributed by atoms with Gasteiger partial charge in [0.05, 0.1) is 17.1 Å². The van der Waals surface area contributed by atoms with Gasteiger partial charge in [-0.1, -0.05) is 31.2 Å². The Morgan fingerprint density at radius 3 is 2.39 bits per heavy atom. The van der Waals surface area contributed by atoms with E-state index in [0.29, 0.717) is 12.4 Å². The van der Waals surface area contributed by atoms with Crippen molar-refractivity contribution in [3.63, 3.8) is 0 Å². The van der Waals surface area contributed by atoms with Crippen LogP contribution < -0.4 is 20.3 Å². The number of nitrogens with zero attached hydrogens (tertiary/aromatic N) is 1. The summed E-state index contributed by atoms with van der Waals surface area (Å²) in [5, 5.41) is 11.0. The minimum atomic E-state index is -1.08. The van der Waals surface area contributed by atoms with E-state index in [1.807, 2.05) is 6.92 Å². The molecular weight excluding hydrogens is 366 g/mol. The van der Waals surface area contributed by atoms with E-state index in [4.69, 9.17) is 9.47 Å². The van der Waals surface area contributed by atoms with Crippen molar-refractivity contribution in [3.05, 3.63) is 64.2 Å². The molecule has 2 amide bonds. The highest BCUT2D eigenvalue weighted by Gasteiger charge is 2.21. The van der Waals surface area contributed by atoms with Crippen LogP contribution in [0.3, 0.4) is 0 Å². The Bertz CT molecular complexity index is 855. The van der Waals surface area contributed by atoms with Gasteiger partial charge in [0, 0.05) is 6.07 Å². The molecule has 0 radical (unpaired) electrons. The van der Waals surface area contributed by atoms with Crippen molar-refractivity contribution < 1.29 is 24.0 Å². The first-order chi connectivity index (χ1) is 13.4. The van der Waals surface area contributed by atoms with Gasteiger partial charge < -0.3 is 9.47 Å². The van der Waals surface area contributed by atoms with Gasteiger partial charge in [-0.3, -0.25) is 30.6 Å². The number of hydrogen-bond acceptors (Lipinski definition) is 6. The van der Waals surface area contributed by atoms with Crippen LogP contribution in [0.25, 0.3) is 0 Å². The highest BCUT2D eigenvalue weighted by Crippen LogP contribution is 2.26. The molecule has 0 aliphatic carbocycles. The van der Waals surface area contributed by atoms with Crippen molar-refractivity contribution in [1.82, 2.24) is 10.9 Å². The highest BCUT2D eigenvalue weighted by atomic mass is 16.6. The number of para-hydroxylation sites is 3. The summed E-state index contributed by atoms with van der Waals surface area (Å²) in [6.07, 6.45) is -0.291. The van der Waals surface area contributed by atoms with E-state index in [-0.39, 0.29) is 17.0 Å². The predicted molar refractivity (Wildman–Crippen MR) is 101 cm³/mol. The maximum atomic E-state index is 12.3. The third kappa shape index (κ3) is 5.44. The van der Waals surface area contributed by atoms with Crippen LogP contribution in [0.1, 0.15) is 30.6 Å². The summed E-state index contributed by atoms with van der Waals surface area (Å²) in [6.45, 7) is 3.81.